The van der Waals surface area contributed by atoms with Crippen molar-refractivity contribution in [2.75, 3.05) is 0 Å². The maximum Gasteiger partial charge on any atom is 0.281 e. The van der Waals surface area contributed by atoms with Crippen molar-refractivity contribution in [3.63, 3.8) is 0 Å². The number of hydrogen-bond acceptors (Lipinski definition) is 8. The Morgan fingerprint density at radius 2 is 1.33 bits per heavy atom. The molecule has 3 heterocycles. The van der Waals surface area contributed by atoms with E-state index in [-0.39, 0.29) is 57.8 Å². The number of Topliss-reactive ketones (excluding diaryl/α,β-unsaturated/α-hetero) is 2. The highest BCUT2D eigenvalue weighted by molar-refractivity contribution is 6.31. The van der Waals surface area contributed by atoms with Crippen LogP contribution in [0.5, 0.6) is 0 Å². The molecule has 6 amide bonds. The molecule has 9 rings (SSSR count). The summed E-state index contributed by atoms with van der Waals surface area (Å²) in [5.41, 5.74) is -0.221. The zero-order valence-electron chi connectivity index (χ0n) is 31.8. The summed E-state index contributed by atoms with van der Waals surface area (Å²) in [6.45, 7) is 9.80. The smallest absolute Gasteiger partial charge is 0.281 e. The highest BCUT2D eigenvalue weighted by Crippen LogP contribution is 2.68. The van der Waals surface area contributed by atoms with E-state index >= 15 is 0 Å². The van der Waals surface area contributed by atoms with Gasteiger partial charge < -0.3 is 0 Å². The van der Waals surface area contributed by atoms with Crippen LogP contribution in [0.25, 0.3) is 11.1 Å². The van der Waals surface area contributed by atoms with Crippen molar-refractivity contribution in [2.24, 2.45) is 58.7 Å². The number of benzene rings is 1. The number of rotatable bonds is 8. The van der Waals surface area contributed by atoms with Crippen LogP contribution in [0.3, 0.4) is 0 Å². The van der Waals surface area contributed by atoms with Crippen LogP contribution in [-0.4, -0.2) is 68.0 Å². The van der Waals surface area contributed by atoms with E-state index in [1.165, 1.54) is 17.0 Å². The van der Waals surface area contributed by atoms with Crippen molar-refractivity contribution in [2.45, 2.75) is 111 Å². The first-order valence-corrected chi connectivity index (χ1v) is 20.4. The van der Waals surface area contributed by atoms with Gasteiger partial charge in [0.1, 0.15) is 0 Å². The van der Waals surface area contributed by atoms with Crippen LogP contribution in [0.1, 0.15) is 126 Å². The predicted molar refractivity (Wildman–Crippen MR) is 194 cm³/mol. The number of carbonyl (C=O) groups excluding carboxylic acids is 8. The molecule has 0 radical (unpaired) electrons. The van der Waals surface area contributed by atoms with E-state index < -0.39 is 82.3 Å². The van der Waals surface area contributed by atoms with E-state index in [0.717, 1.165) is 44.9 Å². The Hall–Kier alpha value is -4.28. The molecule has 284 valence electrons. The summed E-state index contributed by atoms with van der Waals surface area (Å²) >= 11 is 0. The Morgan fingerprint density at radius 1 is 0.722 bits per heavy atom. The lowest BCUT2D eigenvalue weighted by Crippen LogP contribution is -2.62. The van der Waals surface area contributed by atoms with Crippen LogP contribution >= 0.6 is 0 Å². The van der Waals surface area contributed by atoms with E-state index in [9.17, 15) is 38.4 Å². The molecule has 10 unspecified atom stereocenters. The fourth-order valence-electron chi connectivity index (χ4n) is 12.9. The summed E-state index contributed by atoms with van der Waals surface area (Å²) in [5.74, 6) is -8.48. The van der Waals surface area contributed by atoms with Gasteiger partial charge in [0, 0.05) is 45.0 Å². The van der Waals surface area contributed by atoms with Gasteiger partial charge in [0.15, 0.2) is 11.6 Å². The summed E-state index contributed by atoms with van der Waals surface area (Å²) in [5, 5.41) is 1.92. The molecule has 5 aliphatic carbocycles. The molecule has 0 aromatic heterocycles. The SMILES string of the molecule is CCCCCC(CC)N1C(=O)C2=c3c(ccc4c3=C(CC2C)C(=O)N(N2C(=O)C3C5CC(C3C2=O)C2C(=O)C(C)(C3CCCCC3C)C(=O)C52)C4=O)C1=O. The summed E-state index contributed by atoms with van der Waals surface area (Å²) in [7, 11) is 0. The van der Waals surface area contributed by atoms with Crippen LogP contribution in [0.15, 0.2) is 12.1 Å². The van der Waals surface area contributed by atoms with Crippen LogP contribution in [0.4, 0.5) is 0 Å². The highest BCUT2D eigenvalue weighted by Gasteiger charge is 2.77. The lowest BCUT2D eigenvalue weighted by atomic mass is 9.62. The molecule has 1 saturated heterocycles. The first-order valence-electron chi connectivity index (χ1n) is 20.4. The number of nitrogens with zero attached hydrogens (tertiary/aromatic N) is 3. The number of unbranched alkanes of at least 4 members (excludes halogenated alkanes) is 2. The molecule has 0 spiro atoms. The Morgan fingerprint density at radius 3 is 1.93 bits per heavy atom. The maximum atomic E-state index is 14.5. The second kappa shape index (κ2) is 12.1. The van der Waals surface area contributed by atoms with E-state index in [2.05, 4.69) is 13.8 Å². The Kier molecular flexibility index (Phi) is 7.94. The normalized spacial score (nSPS) is 37.2. The van der Waals surface area contributed by atoms with Crippen molar-refractivity contribution in [1.82, 2.24) is 14.9 Å². The molecule has 1 aromatic rings. The molecular weight excluding hydrogens is 686 g/mol. The van der Waals surface area contributed by atoms with E-state index in [4.69, 9.17) is 0 Å². The van der Waals surface area contributed by atoms with Crippen LogP contribution in [0.2, 0.25) is 0 Å². The van der Waals surface area contributed by atoms with Crippen molar-refractivity contribution >= 4 is 58.2 Å². The molecule has 5 fully saturated rings. The van der Waals surface area contributed by atoms with Crippen molar-refractivity contribution in [1.29, 1.82) is 0 Å². The number of fused-ring (bicyclic) bond motifs is 8. The number of carbonyl (C=O) groups is 8. The molecule has 11 nitrogen and oxygen atoms in total. The molecule has 2 bridgehead atoms. The number of imide groups is 3. The average Bonchev–Trinajstić information content (AvgIpc) is 3.85. The van der Waals surface area contributed by atoms with E-state index in [1.54, 1.807) is 6.92 Å². The maximum absolute atomic E-state index is 14.5. The largest absolute Gasteiger partial charge is 0.298 e. The Bertz CT molecular complexity index is 2090. The van der Waals surface area contributed by atoms with Crippen molar-refractivity contribution in [3.8, 4) is 0 Å². The Labute approximate surface area is 314 Å². The molecule has 10 atom stereocenters. The van der Waals surface area contributed by atoms with Crippen molar-refractivity contribution < 1.29 is 38.4 Å². The standard InChI is InChI=1S/C43H49N3O8/c1-6-8-9-13-21(7-2)44-37(49)23-16-15-22-29-26(17-20(4)28(30(23)29)40(44)52)39(51)45(38(22)50)46-41(53)33-24-18-25(34(33)42(46)54)32-31(24)35(47)43(5,36(32)48)27-14-11-10-12-19(27)3/h15-16,19-21,24-25,27,31-34H,6-14,17-18H2,1-5H3. The second-order valence-corrected chi connectivity index (χ2v) is 17.8. The first kappa shape index (κ1) is 35.4. The zero-order valence-corrected chi connectivity index (χ0v) is 31.8. The van der Waals surface area contributed by atoms with Gasteiger partial charge in [-0.3, -0.25) is 43.3 Å². The van der Waals surface area contributed by atoms with Crippen LogP contribution in [-0.2, 0) is 28.8 Å². The minimum absolute atomic E-state index is 0.0528. The van der Waals surface area contributed by atoms with Gasteiger partial charge in [-0.2, -0.15) is 10.0 Å². The van der Waals surface area contributed by atoms with Gasteiger partial charge in [0.25, 0.3) is 35.4 Å². The van der Waals surface area contributed by atoms with Gasteiger partial charge >= 0.3 is 0 Å². The zero-order chi connectivity index (χ0) is 38.3. The average molecular weight is 736 g/mol. The minimum Gasteiger partial charge on any atom is -0.298 e. The first-order chi connectivity index (χ1) is 25.8. The van der Waals surface area contributed by atoms with Gasteiger partial charge in [-0.15, -0.1) is 0 Å². The number of amides is 6. The third kappa shape index (κ3) is 4.24. The number of hydrogen-bond donors (Lipinski definition) is 0. The molecular formula is C43H49N3O8. The van der Waals surface area contributed by atoms with E-state index in [0.29, 0.717) is 40.1 Å². The third-order valence-electron chi connectivity index (χ3n) is 15.4. The summed E-state index contributed by atoms with van der Waals surface area (Å²) < 4.78 is 0. The molecule has 0 N–H and O–H groups in total. The quantitative estimate of drug-likeness (QED) is 0.223. The Balaban J connectivity index is 1.06. The summed E-state index contributed by atoms with van der Waals surface area (Å²) in [4.78, 5) is 116. The highest BCUT2D eigenvalue weighted by atomic mass is 16.2. The fraction of sp³-hybridized carbons (Fsp3) is 0.628. The number of hydrazine groups is 1. The van der Waals surface area contributed by atoms with Gasteiger partial charge in [0.2, 0.25) is 0 Å². The van der Waals surface area contributed by atoms with Crippen LogP contribution in [0, 0.1) is 58.7 Å². The van der Waals surface area contributed by atoms with Gasteiger partial charge in [0.05, 0.1) is 22.8 Å². The molecule has 4 saturated carbocycles. The van der Waals surface area contributed by atoms with Gasteiger partial charge in [-0.1, -0.05) is 66.2 Å². The predicted octanol–water partition coefficient (Wildman–Crippen LogP) is 3.73. The lowest BCUT2D eigenvalue weighted by Gasteiger charge is -2.40. The number of ketones is 2. The minimum atomic E-state index is -1.13. The van der Waals surface area contributed by atoms with E-state index in [1.807, 2.05) is 13.8 Å². The third-order valence-corrected chi connectivity index (χ3v) is 15.4. The topological polar surface area (TPSA) is 146 Å². The second-order valence-electron chi connectivity index (χ2n) is 17.8. The van der Waals surface area contributed by atoms with Crippen molar-refractivity contribution in [3.05, 3.63) is 33.7 Å². The summed E-state index contributed by atoms with van der Waals surface area (Å²) in [6.07, 6.45) is 8.50. The molecule has 54 heavy (non-hydrogen) atoms. The van der Waals surface area contributed by atoms with Gasteiger partial charge in [-0.25, -0.2) is 0 Å². The molecule has 8 aliphatic rings. The van der Waals surface area contributed by atoms with Gasteiger partial charge in [-0.05, 0) is 80.8 Å². The lowest BCUT2D eigenvalue weighted by molar-refractivity contribution is -0.162. The van der Waals surface area contributed by atoms with Crippen LogP contribution < -0.4 is 10.4 Å². The fourth-order valence-corrected chi connectivity index (χ4v) is 12.9. The molecule has 11 heteroatoms. The summed E-state index contributed by atoms with van der Waals surface area (Å²) in [6, 6.07) is 2.72. The molecule has 3 aliphatic heterocycles. The monoisotopic (exact) mass is 735 g/mol. The molecule has 1 aromatic carbocycles.